The first-order valence-electron chi connectivity index (χ1n) is 5.86. The van der Waals surface area contributed by atoms with Gasteiger partial charge in [-0.05, 0) is 12.8 Å². The standard InChI is InChI=1S/C12H18O4/c13-12(14,11-9-16-11)7-5-3-1-2-4-6-10-8-15-10/h8-9,13-14H,1-7H2. The summed E-state index contributed by atoms with van der Waals surface area (Å²) >= 11 is 0. The maximum atomic E-state index is 9.48. The lowest BCUT2D eigenvalue weighted by Gasteiger charge is -2.15. The smallest absolute Gasteiger partial charge is 0.226 e. The van der Waals surface area contributed by atoms with Gasteiger partial charge in [-0.1, -0.05) is 19.3 Å². The fraction of sp³-hybridized carbons (Fsp3) is 0.667. The Balaban J connectivity index is 1.42. The van der Waals surface area contributed by atoms with Crippen LogP contribution in [0.25, 0.3) is 0 Å². The number of hydrogen-bond acceptors (Lipinski definition) is 4. The third-order valence-electron chi connectivity index (χ3n) is 2.86. The van der Waals surface area contributed by atoms with Gasteiger partial charge in [0.25, 0.3) is 0 Å². The van der Waals surface area contributed by atoms with Crippen molar-refractivity contribution < 1.29 is 19.7 Å². The summed E-state index contributed by atoms with van der Waals surface area (Å²) in [6, 6.07) is 0. The van der Waals surface area contributed by atoms with Gasteiger partial charge < -0.3 is 19.7 Å². The van der Waals surface area contributed by atoms with Crippen LogP contribution < -0.4 is 0 Å². The van der Waals surface area contributed by atoms with Crippen LogP contribution >= 0.6 is 0 Å². The van der Waals surface area contributed by atoms with Crippen molar-refractivity contribution in [3.05, 3.63) is 24.0 Å². The highest BCUT2D eigenvalue weighted by Crippen LogP contribution is 2.30. The van der Waals surface area contributed by atoms with Crippen molar-refractivity contribution >= 4 is 0 Å². The molecule has 0 saturated carbocycles. The molecular weight excluding hydrogens is 208 g/mol. The number of allylic oxidation sites excluding steroid dienone is 1. The molecule has 2 aliphatic heterocycles. The first kappa shape index (κ1) is 11.5. The lowest BCUT2D eigenvalue weighted by Crippen LogP contribution is -2.26. The molecule has 2 N–H and O–H groups in total. The predicted molar refractivity (Wildman–Crippen MR) is 57.8 cm³/mol. The fourth-order valence-electron chi connectivity index (χ4n) is 1.70. The minimum absolute atomic E-state index is 0.297. The molecule has 0 atom stereocenters. The summed E-state index contributed by atoms with van der Waals surface area (Å²) in [5, 5.41) is 19.0. The Morgan fingerprint density at radius 2 is 1.56 bits per heavy atom. The average molecular weight is 226 g/mol. The summed E-state index contributed by atoms with van der Waals surface area (Å²) in [5.74, 6) is -0.319. The van der Waals surface area contributed by atoms with Gasteiger partial charge in [0.2, 0.25) is 5.79 Å². The van der Waals surface area contributed by atoms with E-state index in [1.807, 2.05) is 0 Å². The van der Waals surface area contributed by atoms with Crippen molar-refractivity contribution in [2.24, 2.45) is 0 Å². The van der Waals surface area contributed by atoms with E-state index in [1.54, 1.807) is 6.26 Å². The van der Waals surface area contributed by atoms with Gasteiger partial charge in [-0.25, -0.2) is 0 Å². The third kappa shape index (κ3) is 3.87. The molecule has 0 bridgehead atoms. The Labute approximate surface area is 95.2 Å². The summed E-state index contributed by atoms with van der Waals surface area (Å²) in [6.07, 6.45) is 9.86. The molecule has 16 heavy (non-hydrogen) atoms. The van der Waals surface area contributed by atoms with E-state index in [-0.39, 0.29) is 0 Å². The molecule has 0 aromatic carbocycles. The summed E-state index contributed by atoms with van der Waals surface area (Å²) in [6.45, 7) is 0. The van der Waals surface area contributed by atoms with E-state index in [9.17, 15) is 10.2 Å². The number of hydrogen-bond donors (Lipinski definition) is 2. The van der Waals surface area contributed by atoms with E-state index in [0.717, 1.165) is 37.9 Å². The number of aliphatic hydroxyl groups is 2. The molecular formula is C12H18O4. The lowest BCUT2D eigenvalue weighted by molar-refractivity contribution is -0.143. The lowest BCUT2D eigenvalue weighted by atomic mass is 10.0. The molecule has 0 fully saturated rings. The van der Waals surface area contributed by atoms with Crippen molar-refractivity contribution in [3.8, 4) is 0 Å². The second kappa shape index (κ2) is 4.89. The molecule has 0 spiro atoms. The molecule has 2 heterocycles. The van der Waals surface area contributed by atoms with Crippen molar-refractivity contribution in [2.45, 2.75) is 50.7 Å². The Bertz CT molecular complexity index is 304. The molecule has 0 aromatic rings. The molecule has 2 aliphatic rings. The van der Waals surface area contributed by atoms with Gasteiger partial charge in [-0.15, -0.1) is 0 Å². The van der Waals surface area contributed by atoms with E-state index in [1.165, 1.54) is 12.7 Å². The normalized spacial score (nSPS) is 17.1. The molecule has 4 heteroatoms. The van der Waals surface area contributed by atoms with Crippen molar-refractivity contribution in [1.82, 2.24) is 0 Å². The molecule has 0 aromatic heterocycles. The van der Waals surface area contributed by atoms with E-state index in [2.05, 4.69) is 4.74 Å². The minimum Gasteiger partial charge on any atom is -0.463 e. The second-order valence-corrected chi connectivity index (χ2v) is 4.39. The van der Waals surface area contributed by atoms with Crippen LogP contribution in [0.2, 0.25) is 0 Å². The average Bonchev–Trinajstić information content (AvgIpc) is 3.08. The zero-order chi connectivity index (χ0) is 11.4. The number of ether oxygens (including phenoxy) is 2. The highest BCUT2D eigenvalue weighted by molar-refractivity contribution is 5.12. The van der Waals surface area contributed by atoms with Crippen LogP contribution in [0.15, 0.2) is 24.0 Å². The van der Waals surface area contributed by atoms with Gasteiger partial charge in [0, 0.05) is 12.8 Å². The van der Waals surface area contributed by atoms with Crippen molar-refractivity contribution in [1.29, 1.82) is 0 Å². The van der Waals surface area contributed by atoms with E-state index >= 15 is 0 Å². The maximum absolute atomic E-state index is 9.48. The third-order valence-corrected chi connectivity index (χ3v) is 2.86. The van der Waals surface area contributed by atoms with E-state index < -0.39 is 5.79 Å². The van der Waals surface area contributed by atoms with Crippen LogP contribution in [0.3, 0.4) is 0 Å². The molecule has 0 aliphatic carbocycles. The maximum Gasteiger partial charge on any atom is 0.226 e. The Kier molecular flexibility index (Phi) is 3.51. The Morgan fingerprint density at radius 1 is 0.938 bits per heavy atom. The highest BCUT2D eigenvalue weighted by atomic mass is 16.6. The van der Waals surface area contributed by atoms with Crippen molar-refractivity contribution in [2.75, 3.05) is 0 Å². The first-order valence-corrected chi connectivity index (χ1v) is 5.86. The predicted octanol–water partition coefficient (Wildman–Crippen LogP) is 2.14. The second-order valence-electron chi connectivity index (χ2n) is 4.39. The van der Waals surface area contributed by atoms with Gasteiger partial charge in [0.15, 0.2) is 5.76 Å². The number of rotatable bonds is 9. The van der Waals surface area contributed by atoms with E-state index in [4.69, 9.17) is 4.74 Å². The Morgan fingerprint density at radius 3 is 2.19 bits per heavy atom. The van der Waals surface area contributed by atoms with Crippen LogP contribution in [0.4, 0.5) is 0 Å². The summed E-state index contributed by atoms with van der Waals surface area (Å²) in [4.78, 5) is 0. The molecule has 0 unspecified atom stereocenters. The molecule has 90 valence electrons. The number of unbranched alkanes of at least 4 members (excludes halogenated alkanes) is 4. The monoisotopic (exact) mass is 226 g/mol. The largest absolute Gasteiger partial charge is 0.463 e. The fourth-order valence-corrected chi connectivity index (χ4v) is 1.70. The van der Waals surface area contributed by atoms with Gasteiger partial charge in [0.1, 0.15) is 18.3 Å². The molecule has 4 nitrogen and oxygen atoms in total. The quantitative estimate of drug-likeness (QED) is 0.467. The van der Waals surface area contributed by atoms with Crippen molar-refractivity contribution in [3.63, 3.8) is 0 Å². The SMILES string of the molecule is OC(O)(CCCCCCCC1=CO1)C1=CO1. The zero-order valence-electron chi connectivity index (χ0n) is 9.32. The van der Waals surface area contributed by atoms with Crippen LogP contribution in [0.1, 0.15) is 44.9 Å². The molecule has 0 amide bonds. The topological polar surface area (TPSA) is 65.5 Å². The molecule has 0 saturated heterocycles. The van der Waals surface area contributed by atoms with E-state index in [0.29, 0.717) is 12.2 Å². The van der Waals surface area contributed by atoms with Crippen LogP contribution in [0.5, 0.6) is 0 Å². The van der Waals surface area contributed by atoms with Gasteiger partial charge in [0.05, 0.1) is 0 Å². The molecule has 0 radical (unpaired) electrons. The van der Waals surface area contributed by atoms with Crippen LogP contribution in [-0.2, 0) is 9.47 Å². The Hall–Kier alpha value is -1.00. The van der Waals surface area contributed by atoms with Gasteiger partial charge >= 0.3 is 0 Å². The summed E-state index contributed by atoms with van der Waals surface area (Å²) < 4.78 is 9.59. The van der Waals surface area contributed by atoms with Crippen LogP contribution in [0, 0.1) is 0 Å². The first-order chi connectivity index (χ1) is 7.68. The van der Waals surface area contributed by atoms with Crippen LogP contribution in [-0.4, -0.2) is 16.0 Å². The summed E-state index contributed by atoms with van der Waals surface area (Å²) in [5.41, 5.74) is 0. The zero-order valence-corrected chi connectivity index (χ0v) is 9.32. The minimum atomic E-state index is -1.73. The molecule has 2 rings (SSSR count). The highest BCUT2D eigenvalue weighted by Gasteiger charge is 2.36. The summed E-state index contributed by atoms with van der Waals surface area (Å²) in [7, 11) is 0. The van der Waals surface area contributed by atoms with Gasteiger partial charge in [-0.3, -0.25) is 0 Å². The van der Waals surface area contributed by atoms with Gasteiger partial charge in [-0.2, -0.15) is 0 Å².